The van der Waals surface area contributed by atoms with Crippen LogP contribution < -0.4 is 10.6 Å². The van der Waals surface area contributed by atoms with Crippen LogP contribution in [-0.4, -0.2) is 51.5 Å². The van der Waals surface area contributed by atoms with Gasteiger partial charge in [0.1, 0.15) is 11.5 Å². The van der Waals surface area contributed by atoms with E-state index >= 15 is 0 Å². The molecule has 4 rings (SSSR count). The van der Waals surface area contributed by atoms with Crippen molar-refractivity contribution in [3.63, 3.8) is 0 Å². The van der Waals surface area contributed by atoms with E-state index < -0.39 is 0 Å². The molecule has 0 bridgehead atoms. The lowest BCUT2D eigenvalue weighted by Crippen LogP contribution is -2.39. The number of halogens is 2. The van der Waals surface area contributed by atoms with Crippen LogP contribution in [0.4, 0.5) is 5.69 Å². The Bertz CT molecular complexity index is 1150. The number of hydrogen-bond donors (Lipinski definition) is 3. The standard InChI is InChI=1S/C23H30Cl2N6O/c1-23(2,3)15-8-14-17(9-16(15)24)27-11-18(14)28-12-19-29-21(25)20(31(19)5)22(32)30(4)13-6-7-26-10-13/h8-9,11,13,26-28H,6-7,10,12H2,1-5H3. The second-order valence-electron chi connectivity index (χ2n) is 9.47. The molecule has 32 heavy (non-hydrogen) atoms. The molecule has 0 aliphatic carbocycles. The zero-order valence-electron chi connectivity index (χ0n) is 19.1. The fraction of sp³-hybridized carbons (Fsp3) is 0.478. The van der Waals surface area contributed by atoms with Gasteiger partial charge in [0, 0.05) is 48.8 Å². The fourth-order valence-corrected chi connectivity index (χ4v) is 4.99. The van der Waals surface area contributed by atoms with Crippen molar-refractivity contribution in [2.75, 3.05) is 25.5 Å². The first-order valence-corrected chi connectivity index (χ1v) is 11.6. The monoisotopic (exact) mass is 476 g/mol. The van der Waals surface area contributed by atoms with Crippen LogP contribution in [0.3, 0.4) is 0 Å². The SMILES string of the molecule is CN(C(=O)c1c(Cl)nc(CNc2c[nH]c3cc(Cl)c(C(C)(C)C)cc23)n1C)C1CCNC1. The first-order valence-electron chi connectivity index (χ1n) is 10.8. The van der Waals surface area contributed by atoms with Gasteiger partial charge in [-0.15, -0.1) is 0 Å². The largest absolute Gasteiger partial charge is 0.376 e. The van der Waals surface area contributed by atoms with Crippen LogP contribution in [0.15, 0.2) is 18.3 Å². The number of nitrogens with zero attached hydrogens (tertiary/aromatic N) is 3. The molecule has 9 heteroatoms. The highest BCUT2D eigenvalue weighted by molar-refractivity contribution is 6.32. The molecule has 0 saturated carbocycles. The van der Waals surface area contributed by atoms with Gasteiger partial charge in [0.25, 0.3) is 5.91 Å². The van der Waals surface area contributed by atoms with Gasteiger partial charge >= 0.3 is 0 Å². The van der Waals surface area contributed by atoms with Crippen LogP contribution in [0.25, 0.3) is 10.9 Å². The number of carbonyl (C=O) groups is 1. The van der Waals surface area contributed by atoms with Gasteiger partial charge in [-0.25, -0.2) is 4.98 Å². The zero-order valence-corrected chi connectivity index (χ0v) is 20.7. The van der Waals surface area contributed by atoms with E-state index in [2.05, 4.69) is 47.4 Å². The average molecular weight is 477 g/mol. The van der Waals surface area contributed by atoms with E-state index in [-0.39, 0.29) is 22.5 Å². The number of amides is 1. The topological polar surface area (TPSA) is 78.0 Å². The van der Waals surface area contributed by atoms with E-state index in [1.165, 1.54) is 0 Å². The van der Waals surface area contributed by atoms with Crippen molar-refractivity contribution in [3.8, 4) is 0 Å². The molecular formula is C23H30Cl2N6O. The molecule has 3 N–H and O–H groups in total. The average Bonchev–Trinajstić information content (AvgIpc) is 3.44. The van der Waals surface area contributed by atoms with Crippen LogP contribution in [0.2, 0.25) is 10.2 Å². The summed E-state index contributed by atoms with van der Waals surface area (Å²) in [7, 11) is 3.65. The van der Waals surface area contributed by atoms with Crippen molar-refractivity contribution in [2.24, 2.45) is 7.05 Å². The van der Waals surface area contributed by atoms with Gasteiger partial charge < -0.3 is 25.1 Å². The number of carbonyl (C=O) groups excluding carboxylic acids is 1. The molecule has 1 unspecified atom stereocenters. The number of fused-ring (bicyclic) bond motifs is 1. The molecule has 1 saturated heterocycles. The van der Waals surface area contributed by atoms with Crippen LogP contribution in [0, 0.1) is 0 Å². The summed E-state index contributed by atoms with van der Waals surface area (Å²) in [4.78, 5) is 22.6. The minimum atomic E-state index is -0.110. The summed E-state index contributed by atoms with van der Waals surface area (Å²) < 4.78 is 1.78. The molecular weight excluding hydrogens is 447 g/mol. The predicted molar refractivity (Wildman–Crippen MR) is 131 cm³/mol. The molecule has 3 aromatic rings. The summed E-state index contributed by atoms with van der Waals surface area (Å²) in [6.45, 7) is 8.59. The van der Waals surface area contributed by atoms with E-state index in [0.29, 0.717) is 18.1 Å². The van der Waals surface area contributed by atoms with E-state index in [9.17, 15) is 4.79 Å². The molecule has 7 nitrogen and oxygen atoms in total. The van der Waals surface area contributed by atoms with Crippen molar-refractivity contribution < 1.29 is 4.79 Å². The highest BCUT2D eigenvalue weighted by Crippen LogP contribution is 2.35. The third kappa shape index (κ3) is 4.21. The second kappa shape index (κ2) is 8.61. The molecule has 1 atom stereocenters. The Hall–Kier alpha value is -2.22. The molecule has 1 aromatic carbocycles. The maximum absolute atomic E-state index is 13.1. The Kier molecular flexibility index (Phi) is 6.18. The summed E-state index contributed by atoms with van der Waals surface area (Å²) in [5.74, 6) is 0.581. The fourth-order valence-electron chi connectivity index (χ4n) is 4.24. The number of imidazole rings is 1. The number of aromatic nitrogens is 3. The van der Waals surface area contributed by atoms with Crippen molar-refractivity contribution >= 4 is 45.7 Å². The van der Waals surface area contributed by atoms with Crippen LogP contribution >= 0.6 is 23.2 Å². The van der Waals surface area contributed by atoms with Gasteiger partial charge in [0.15, 0.2) is 5.15 Å². The number of benzene rings is 1. The van der Waals surface area contributed by atoms with Crippen LogP contribution in [0.5, 0.6) is 0 Å². The number of anilines is 1. The van der Waals surface area contributed by atoms with E-state index in [4.69, 9.17) is 23.2 Å². The Labute approximate surface area is 198 Å². The minimum absolute atomic E-state index is 0.0663. The van der Waals surface area contributed by atoms with E-state index in [0.717, 1.165) is 46.7 Å². The third-order valence-electron chi connectivity index (χ3n) is 6.26. The molecule has 0 spiro atoms. The smallest absolute Gasteiger partial charge is 0.273 e. The van der Waals surface area contributed by atoms with Gasteiger partial charge in [-0.2, -0.15) is 0 Å². The lowest BCUT2D eigenvalue weighted by Gasteiger charge is -2.24. The van der Waals surface area contributed by atoms with E-state index in [1.807, 2.05) is 26.4 Å². The van der Waals surface area contributed by atoms with Gasteiger partial charge in [-0.1, -0.05) is 44.0 Å². The zero-order chi connectivity index (χ0) is 23.2. The molecule has 3 heterocycles. The Morgan fingerprint density at radius 1 is 1.34 bits per heavy atom. The number of H-pyrrole nitrogens is 1. The van der Waals surface area contributed by atoms with Crippen LogP contribution in [0.1, 0.15) is 49.1 Å². The highest BCUT2D eigenvalue weighted by Gasteiger charge is 2.29. The molecule has 1 fully saturated rings. The molecule has 2 aromatic heterocycles. The van der Waals surface area contributed by atoms with Gasteiger partial charge in [-0.05, 0) is 36.1 Å². The second-order valence-corrected chi connectivity index (χ2v) is 10.2. The Morgan fingerprint density at radius 2 is 2.09 bits per heavy atom. The summed E-state index contributed by atoms with van der Waals surface area (Å²) in [5, 5.41) is 8.76. The lowest BCUT2D eigenvalue weighted by atomic mass is 9.86. The number of rotatable bonds is 5. The van der Waals surface area contributed by atoms with E-state index in [1.54, 1.807) is 9.47 Å². The van der Waals surface area contributed by atoms with Gasteiger partial charge in [0.05, 0.1) is 12.2 Å². The van der Waals surface area contributed by atoms with Crippen LogP contribution in [-0.2, 0) is 19.0 Å². The van der Waals surface area contributed by atoms with Crippen molar-refractivity contribution in [2.45, 2.75) is 45.2 Å². The third-order valence-corrected chi connectivity index (χ3v) is 6.84. The number of aromatic amines is 1. The predicted octanol–water partition coefficient (Wildman–Crippen LogP) is 4.55. The summed E-state index contributed by atoms with van der Waals surface area (Å²) >= 11 is 12.9. The maximum Gasteiger partial charge on any atom is 0.273 e. The molecule has 1 aliphatic rings. The molecule has 172 valence electrons. The molecule has 1 amide bonds. The summed E-state index contributed by atoms with van der Waals surface area (Å²) in [6.07, 6.45) is 2.86. The van der Waals surface area contributed by atoms with Gasteiger partial charge in [0.2, 0.25) is 0 Å². The van der Waals surface area contributed by atoms with Crippen molar-refractivity contribution in [1.29, 1.82) is 0 Å². The molecule has 0 radical (unpaired) electrons. The first kappa shape index (κ1) is 23.0. The Morgan fingerprint density at radius 3 is 2.75 bits per heavy atom. The normalized spacial score (nSPS) is 16.7. The summed E-state index contributed by atoms with van der Waals surface area (Å²) in [6, 6.07) is 4.26. The Balaban J connectivity index is 1.56. The van der Waals surface area contributed by atoms with Crippen molar-refractivity contribution in [3.05, 3.63) is 45.6 Å². The minimum Gasteiger partial charge on any atom is -0.376 e. The lowest BCUT2D eigenvalue weighted by molar-refractivity contribution is 0.0734. The van der Waals surface area contributed by atoms with Gasteiger partial charge in [-0.3, -0.25) is 4.79 Å². The number of hydrogen-bond acceptors (Lipinski definition) is 4. The highest BCUT2D eigenvalue weighted by atomic mass is 35.5. The quantitative estimate of drug-likeness (QED) is 0.504. The first-order chi connectivity index (χ1) is 15.1. The van der Waals surface area contributed by atoms with Crippen molar-refractivity contribution in [1.82, 2.24) is 24.8 Å². The number of nitrogens with one attached hydrogen (secondary N) is 3. The molecule has 1 aliphatic heterocycles. The number of likely N-dealkylation sites (N-methyl/N-ethyl adjacent to an activating group) is 1. The summed E-state index contributed by atoms with van der Waals surface area (Å²) in [5.41, 5.74) is 3.35. The maximum atomic E-state index is 13.1.